The van der Waals surface area contributed by atoms with Crippen LogP contribution in [0.1, 0.15) is 0 Å². The Hall–Kier alpha value is -1.69. The van der Waals surface area contributed by atoms with Crippen molar-refractivity contribution in [3.05, 3.63) is 58.3 Å². The molecule has 0 heterocycles. The Morgan fingerprint density at radius 2 is 1.85 bits per heavy atom. The van der Waals surface area contributed by atoms with Gasteiger partial charge in [0.1, 0.15) is 18.2 Å². The van der Waals surface area contributed by atoms with Crippen molar-refractivity contribution in [2.24, 2.45) is 0 Å². The Kier molecular flexibility index (Phi) is 4.89. The highest BCUT2D eigenvalue weighted by atomic mass is 79.9. The van der Waals surface area contributed by atoms with Crippen LogP contribution >= 0.6 is 15.9 Å². The van der Waals surface area contributed by atoms with Gasteiger partial charge in [-0.25, -0.2) is 13.2 Å². The molecule has 0 bridgehead atoms. The van der Waals surface area contributed by atoms with Crippen molar-refractivity contribution < 1.29 is 17.9 Å². The first-order chi connectivity index (χ1) is 9.56. The van der Waals surface area contributed by atoms with Gasteiger partial charge in [0.2, 0.25) is 0 Å². The number of hydrogen-bond donors (Lipinski definition) is 1. The molecule has 0 spiro atoms. The molecule has 0 saturated heterocycles. The molecule has 6 heteroatoms. The van der Waals surface area contributed by atoms with Crippen LogP contribution in [-0.2, 0) is 0 Å². The molecular formula is C14H11BrF3NO. The lowest BCUT2D eigenvalue weighted by Gasteiger charge is -2.11. The summed E-state index contributed by atoms with van der Waals surface area (Å²) >= 11 is 3.03. The third-order valence-corrected chi connectivity index (χ3v) is 3.05. The summed E-state index contributed by atoms with van der Waals surface area (Å²) in [5.74, 6) is -1.85. The Balaban J connectivity index is 1.88. The van der Waals surface area contributed by atoms with Crippen LogP contribution in [0, 0.1) is 17.5 Å². The van der Waals surface area contributed by atoms with Crippen LogP contribution in [0.25, 0.3) is 0 Å². The van der Waals surface area contributed by atoms with Crippen LogP contribution in [0.2, 0.25) is 0 Å². The molecule has 0 unspecified atom stereocenters. The summed E-state index contributed by atoms with van der Waals surface area (Å²) in [6, 6.07) is 7.84. The summed E-state index contributed by atoms with van der Waals surface area (Å²) < 4.78 is 44.7. The smallest absolute Gasteiger partial charge is 0.169 e. The zero-order chi connectivity index (χ0) is 14.5. The van der Waals surface area contributed by atoms with Crippen LogP contribution in [0.15, 0.2) is 40.9 Å². The van der Waals surface area contributed by atoms with Crippen molar-refractivity contribution in [1.29, 1.82) is 0 Å². The maximum absolute atomic E-state index is 13.4. The van der Waals surface area contributed by atoms with Crippen molar-refractivity contribution in [2.75, 3.05) is 18.5 Å². The van der Waals surface area contributed by atoms with Crippen LogP contribution in [0.3, 0.4) is 0 Å². The number of nitrogens with one attached hydrogen (secondary N) is 1. The second-order valence-electron chi connectivity index (χ2n) is 3.98. The monoisotopic (exact) mass is 345 g/mol. The highest BCUT2D eigenvalue weighted by Gasteiger charge is 2.10. The summed E-state index contributed by atoms with van der Waals surface area (Å²) in [7, 11) is 0. The Labute approximate surface area is 122 Å². The number of ether oxygens (including phenoxy) is 1. The number of benzene rings is 2. The number of halogens is 4. The average molecular weight is 346 g/mol. The van der Waals surface area contributed by atoms with Crippen molar-refractivity contribution >= 4 is 21.6 Å². The van der Waals surface area contributed by atoms with Gasteiger partial charge in [-0.1, -0.05) is 6.07 Å². The second kappa shape index (κ2) is 6.65. The molecule has 2 aromatic carbocycles. The molecule has 0 aliphatic rings. The summed E-state index contributed by atoms with van der Waals surface area (Å²) in [6.07, 6.45) is 0. The maximum atomic E-state index is 13.4. The molecule has 0 radical (unpaired) electrons. The Morgan fingerprint density at radius 3 is 2.55 bits per heavy atom. The van der Waals surface area contributed by atoms with Gasteiger partial charge in [0.25, 0.3) is 0 Å². The second-order valence-corrected chi connectivity index (χ2v) is 4.84. The molecular weight excluding hydrogens is 335 g/mol. The van der Waals surface area contributed by atoms with E-state index in [-0.39, 0.29) is 22.6 Å². The Morgan fingerprint density at radius 1 is 1.05 bits per heavy atom. The van der Waals surface area contributed by atoms with E-state index >= 15 is 0 Å². The number of anilines is 1. The quantitative estimate of drug-likeness (QED) is 0.813. The van der Waals surface area contributed by atoms with E-state index in [0.29, 0.717) is 12.2 Å². The average Bonchev–Trinajstić information content (AvgIpc) is 2.36. The zero-order valence-electron chi connectivity index (χ0n) is 10.3. The van der Waals surface area contributed by atoms with Crippen molar-refractivity contribution in [3.63, 3.8) is 0 Å². The molecule has 20 heavy (non-hydrogen) atoms. The lowest BCUT2D eigenvalue weighted by Crippen LogP contribution is -2.12. The van der Waals surface area contributed by atoms with Crippen molar-refractivity contribution in [3.8, 4) is 5.75 Å². The normalized spacial score (nSPS) is 10.4. The minimum absolute atomic E-state index is 0.0487. The van der Waals surface area contributed by atoms with E-state index in [9.17, 15) is 13.2 Å². The van der Waals surface area contributed by atoms with E-state index in [4.69, 9.17) is 4.74 Å². The molecule has 106 valence electrons. The van der Waals surface area contributed by atoms with Crippen LogP contribution in [0.4, 0.5) is 18.9 Å². The minimum atomic E-state index is -0.775. The standard InChI is InChI=1S/C14H11BrF3NO/c15-12-7-10(17)8-13(18)14(12)20-5-4-19-11-3-1-2-9(16)6-11/h1-3,6-8,19H,4-5H2. The molecule has 2 nitrogen and oxygen atoms in total. The fourth-order valence-corrected chi connectivity index (χ4v) is 2.14. The van der Waals surface area contributed by atoms with E-state index in [0.717, 1.165) is 12.1 Å². The fraction of sp³-hybridized carbons (Fsp3) is 0.143. The summed E-state index contributed by atoms with van der Waals surface area (Å²) in [4.78, 5) is 0. The first-order valence-electron chi connectivity index (χ1n) is 5.83. The molecule has 2 aromatic rings. The number of hydrogen-bond acceptors (Lipinski definition) is 2. The first-order valence-corrected chi connectivity index (χ1v) is 6.62. The molecule has 0 aromatic heterocycles. The predicted molar refractivity (Wildman–Crippen MR) is 74.4 cm³/mol. The third kappa shape index (κ3) is 3.90. The van der Waals surface area contributed by atoms with E-state index < -0.39 is 11.6 Å². The first kappa shape index (κ1) is 14.7. The van der Waals surface area contributed by atoms with E-state index in [1.165, 1.54) is 12.1 Å². The lowest BCUT2D eigenvalue weighted by molar-refractivity contribution is 0.311. The van der Waals surface area contributed by atoms with E-state index in [1.807, 2.05) is 0 Å². The lowest BCUT2D eigenvalue weighted by atomic mass is 10.3. The van der Waals surface area contributed by atoms with E-state index in [2.05, 4.69) is 21.2 Å². The van der Waals surface area contributed by atoms with Gasteiger partial charge in [-0.05, 0) is 40.2 Å². The van der Waals surface area contributed by atoms with Gasteiger partial charge in [-0.15, -0.1) is 0 Å². The summed E-state index contributed by atoms with van der Waals surface area (Å²) in [6.45, 7) is 0.504. The predicted octanol–water partition coefficient (Wildman–Crippen LogP) is 4.36. The van der Waals surface area contributed by atoms with Gasteiger partial charge in [0.05, 0.1) is 4.47 Å². The molecule has 0 aliphatic heterocycles. The highest BCUT2D eigenvalue weighted by Crippen LogP contribution is 2.29. The van der Waals surface area contributed by atoms with Gasteiger partial charge < -0.3 is 10.1 Å². The van der Waals surface area contributed by atoms with Crippen molar-refractivity contribution in [2.45, 2.75) is 0 Å². The molecule has 0 aliphatic carbocycles. The summed E-state index contributed by atoms with van der Waals surface area (Å²) in [5, 5.41) is 2.93. The SMILES string of the molecule is Fc1cccc(NCCOc2c(F)cc(F)cc2Br)c1. The largest absolute Gasteiger partial charge is 0.487 e. The zero-order valence-corrected chi connectivity index (χ0v) is 11.9. The molecule has 1 N–H and O–H groups in total. The van der Waals surface area contributed by atoms with E-state index in [1.54, 1.807) is 12.1 Å². The minimum Gasteiger partial charge on any atom is -0.487 e. The fourth-order valence-electron chi connectivity index (χ4n) is 1.61. The van der Waals surface area contributed by atoms with Crippen LogP contribution < -0.4 is 10.1 Å². The summed E-state index contributed by atoms with van der Waals surface area (Å²) in [5.41, 5.74) is 0.604. The molecule has 2 rings (SSSR count). The highest BCUT2D eigenvalue weighted by molar-refractivity contribution is 9.10. The van der Waals surface area contributed by atoms with Gasteiger partial charge in [0, 0.05) is 18.3 Å². The van der Waals surface area contributed by atoms with Crippen LogP contribution in [0.5, 0.6) is 5.75 Å². The van der Waals surface area contributed by atoms with Gasteiger partial charge >= 0.3 is 0 Å². The number of rotatable bonds is 5. The molecule has 0 saturated carbocycles. The molecule has 0 amide bonds. The van der Waals surface area contributed by atoms with Gasteiger partial charge in [-0.3, -0.25) is 0 Å². The van der Waals surface area contributed by atoms with Crippen molar-refractivity contribution in [1.82, 2.24) is 0 Å². The third-order valence-electron chi connectivity index (χ3n) is 2.47. The topological polar surface area (TPSA) is 21.3 Å². The molecule has 0 fully saturated rings. The van der Waals surface area contributed by atoms with Gasteiger partial charge in [-0.2, -0.15) is 0 Å². The maximum Gasteiger partial charge on any atom is 0.169 e. The van der Waals surface area contributed by atoms with Crippen LogP contribution in [-0.4, -0.2) is 13.2 Å². The Bertz CT molecular complexity index is 584. The molecule has 0 atom stereocenters. The van der Waals surface area contributed by atoms with Gasteiger partial charge in [0.15, 0.2) is 11.6 Å².